The fourth-order valence-corrected chi connectivity index (χ4v) is 4.45. The van der Waals surface area contributed by atoms with Crippen LogP contribution >= 0.6 is 0 Å². The number of nitrogens with zero attached hydrogens (tertiary/aromatic N) is 3. The van der Waals surface area contributed by atoms with Gasteiger partial charge in [0.1, 0.15) is 5.75 Å². The summed E-state index contributed by atoms with van der Waals surface area (Å²) in [6, 6.07) is 12.5. The molecular weight excluding hydrogens is 575 g/mol. The maximum Gasteiger partial charge on any atom is 0.417 e. The van der Waals surface area contributed by atoms with Gasteiger partial charge in [-0.05, 0) is 61.7 Å². The van der Waals surface area contributed by atoms with Crippen LogP contribution in [-0.2, 0) is 15.8 Å². The quantitative estimate of drug-likeness (QED) is 0.0937. The maximum atomic E-state index is 14.1. The molecule has 0 aliphatic carbocycles. The Hall–Kier alpha value is -4.45. The van der Waals surface area contributed by atoms with Crippen molar-refractivity contribution in [3.05, 3.63) is 65.9 Å². The minimum Gasteiger partial charge on any atom is -0.494 e. The molecule has 4 aromatic rings. The molecule has 0 spiro atoms. The SMILES string of the molecule is Cc1ccc(-c2cn3nc(-c4ccc(OCCCCCCC(=O)NO)cc4C(F)(F)F)ccc3n2)cc1NC(=O)C(C)(C)C. The lowest BCUT2D eigenvalue weighted by molar-refractivity contribution is -0.137. The molecule has 2 heterocycles. The Morgan fingerprint density at radius 3 is 2.41 bits per heavy atom. The summed E-state index contributed by atoms with van der Waals surface area (Å²) in [4.78, 5) is 28.2. The van der Waals surface area contributed by atoms with Crippen LogP contribution in [0, 0.1) is 12.3 Å². The van der Waals surface area contributed by atoms with Crippen molar-refractivity contribution >= 4 is 23.1 Å². The molecule has 0 unspecified atom stereocenters. The van der Waals surface area contributed by atoms with E-state index in [4.69, 9.17) is 9.94 Å². The molecule has 0 saturated heterocycles. The Morgan fingerprint density at radius 1 is 0.955 bits per heavy atom. The van der Waals surface area contributed by atoms with Crippen LogP contribution in [0.2, 0.25) is 0 Å². The molecule has 0 saturated carbocycles. The third kappa shape index (κ3) is 8.13. The van der Waals surface area contributed by atoms with Gasteiger partial charge >= 0.3 is 6.18 Å². The lowest BCUT2D eigenvalue weighted by Crippen LogP contribution is -2.27. The van der Waals surface area contributed by atoms with Gasteiger partial charge in [0.05, 0.1) is 29.8 Å². The first-order chi connectivity index (χ1) is 20.8. The molecule has 9 nitrogen and oxygen atoms in total. The zero-order valence-electron chi connectivity index (χ0n) is 25.1. The van der Waals surface area contributed by atoms with E-state index in [1.807, 2.05) is 45.9 Å². The van der Waals surface area contributed by atoms with Crippen molar-refractivity contribution in [3.8, 4) is 28.3 Å². The maximum absolute atomic E-state index is 14.1. The number of nitrogens with one attached hydrogen (secondary N) is 2. The van der Waals surface area contributed by atoms with Crippen LogP contribution in [0.4, 0.5) is 18.9 Å². The summed E-state index contributed by atoms with van der Waals surface area (Å²) >= 11 is 0. The minimum atomic E-state index is -4.64. The van der Waals surface area contributed by atoms with Gasteiger partial charge in [0.25, 0.3) is 0 Å². The second-order valence-corrected chi connectivity index (χ2v) is 11.6. The van der Waals surface area contributed by atoms with Crippen molar-refractivity contribution in [2.24, 2.45) is 5.41 Å². The number of aromatic nitrogens is 3. The van der Waals surface area contributed by atoms with E-state index < -0.39 is 23.1 Å². The van der Waals surface area contributed by atoms with Crippen molar-refractivity contribution < 1.29 is 32.7 Å². The molecule has 0 fully saturated rings. The summed E-state index contributed by atoms with van der Waals surface area (Å²) in [5.41, 5.74) is 3.42. The Bertz CT molecular complexity index is 1640. The van der Waals surface area contributed by atoms with Gasteiger partial charge in [-0.3, -0.25) is 14.8 Å². The number of ether oxygens (including phenoxy) is 1. The summed E-state index contributed by atoms with van der Waals surface area (Å²) in [5.74, 6) is -0.482. The molecule has 44 heavy (non-hydrogen) atoms. The zero-order chi connectivity index (χ0) is 32.1. The third-order valence-electron chi connectivity index (χ3n) is 7.05. The summed E-state index contributed by atoms with van der Waals surface area (Å²) in [6.07, 6.45) is -0.137. The standard InChI is InChI=1S/C32H36F3N5O4/c1-20-10-11-21(17-26(20)37-30(42)31(2,3)4)27-19-40-28(36-27)15-14-25(38-40)23-13-12-22(18-24(23)32(33,34)35)44-16-8-6-5-7-9-29(41)39-43/h10-15,17-19,43H,5-9,16H2,1-4H3,(H,37,42)(H,39,41). The Balaban J connectivity index is 1.52. The van der Waals surface area contributed by atoms with Crippen molar-refractivity contribution in [1.29, 1.82) is 0 Å². The number of alkyl halides is 3. The van der Waals surface area contributed by atoms with Crippen molar-refractivity contribution in [3.63, 3.8) is 0 Å². The highest BCUT2D eigenvalue weighted by molar-refractivity contribution is 5.95. The molecule has 0 bridgehead atoms. The van der Waals surface area contributed by atoms with Gasteiger partial charge in [0, 0.05) is 28.7 Å². The van der Waals surface area contributed by atoms with E-state index in [9.17, 15) is 22.8 Å². The number of carbonyl (C=O) groups excluding carboxylic acids is 2. The number of halogens is 3. The van der Waals surface area contributed by atoms with Crippen LogP contribution in [0.15, 0.2) is 54.7 Å². The number of imidazole rings is 1. The molecule has 2 aromatic carbocycles. The average molecular weight is 612 g/mol. The second kappa shape index (κ2) is 13.5. The van der Waals surface area contributed by atoms with Crippen molar-refractivity contribution in [1.82, 2.24) is 20.1 Å². The van der Waals surface area contributed by atoms with E-state index in [1.165, 1.54) is 22.7 Å². The molecule has 0 aliphatic rings. The first-order valence-electron chi connectivity index (χ1n) is 14.3. The van der Waals surface area contributed by atoms with E-state index in [0.717, 1.165) is 30.0 Å². The van der Waals surface area contributed by atoms with Crippen LogP contribution in [0.1, 0.15) is 64.0 Å². The van der Waals surface area contributed by atoms with Crippen molar-refractivity contribution in [2.45, 2.75) is 66.0 Å². The van der Waals surface area contributed by atoms with Gasteiger partial charge in [-0.1, -0.05) is 45.7 Å². The number of hydrogen-bond acceptors (Lipinski definition) is 6. The largest absolute Gasteiger partial charge is 0.494 e. The van der Waals surface area contributed by atoms with E-state index in [1.54, 1.807) is 17.7 Å². The molecule has 0 atom stereocenters. The second-order valence-electron chi connectivity index (χ2n) is 11.6. The number of hydrogen-bond donors (Lipinski definition) is 3. The summed E-state index contributed by atoms with van der Waals surface area (Å²) in [6.45, 7) is 7.59. The number of rotatable bonds is 11. The topological polar surface area (TPSA) is 118 Å². The van der Waals surface area contributed by atoms with Crippen LogP contribution in [0.3, 0.4) is 0 Å². The fourth-order valence-electron chi connectivity index (χ4n) is 4.45. The van der Waals surface area contributed by atoms with E-state index >= 15 is 0 Å². The van der Waals surface area contributed by atoms with E-state index in [-0.39, 0.29) is 35.9 Å². The van der Waals surface area contributed by atoms with Crippen molar-refractivity contribution in [2.75, 3.05) is 11.9 Å². The van der Waals surface area contributed by atoms with E-state index in [0.29, 0.717) is 29.9 Å². The van der Waals surface area contributed by atoms with Gasteiger partial charge in [0.2, 0.25) is 11.8 Å². The third-order valence-corrected chi connectivity index (χ3v) is 7.05. The van der Waals surface area contributed by atoms with Gasteiger partial charge < -0.3 is 10.1 Å². The highest BCUT2D eigenvalue weighted by atomic mass is 19.4. The van der Waals surface area contributed by atoms with Crippen LogP contribution < -0.4 is 15.5 Å². The smallest absolute Gasteiger partial charge is 0.417 e. The van der Waals surface area contributed by atoms with Gasteiger partial charge in [-0.25, -0.2) is 15.0 Å². The number of anilines is 1. The predicted molar refractivity (Wildman–Crippen MR) is 160 cm³/mol. The Labute approximate surface area is 253 Å². The fraction of sp³-hybridized carbons (Fsp3) is 0.375. The lowest BCUT2D eigenvalue weighted by Gasteiger charge is -2.19. The number of amides is 2. The number of benzene rings is 2. The predicted octanol–water partition coefficient (Wildman–Crippen LogP) is 7.21. The highest BCUT2D eigenvalue weighted by Gasteiger charge is 2.35. The molecule has 3 N–H and O–H groups in total. The summed E-state index contributed by atoms with van der Waals surface area (Å²) < 4.78 is 49.4. The first kappa shape index (κ1) is 32.5. The minimum absolute atomic E-state index is 0.0910. The monoisotopic (exact) mass is 611 g/mol. The first-order valence-corrected chi connectivity index (χ1v) is 14.3. The molecule has 4 rings (SSSR count). The highest BCUT2D eigenvalue weighted by Crippen LogP contribution is 2.39. The van der Waals surface area contributed by atoms with Gasteiger partial charge in [0.15, 0.2) is 5.65 Å². The number of hydroxylamine groups is 1. The number of aryl methyl sites for hydroxylation is 1. The van der Waals surface area contributed by atoms with E-state index in [2.05, 4.69) is 15.4 Å². The zero-order valence-corrected chi connectivity index (χ0v) is 25.1. The van der Waals surface area contributed by atoms with Crippen LogP contribution in [-0.4, -0.2) is 38.2 Å². The Morgan fingerprint density at radius 2 is 1.70 bits per heavy atom. The summed E-state index contributed by atoms with van der Waals surface area (Å²) in [7, 11) is 0. The number of fused-ring (bicyclic) bond motifs is 1. The molecule has 234 valence electrons. The lowest BCUT2D eigenvalue weighted by atomic mass is 9.95. The molecule has 0 aliphatic heterocycles. The van der Waals surface area contributed by atoms with Crippen LogP contribution in [0.5, 0.6) is 5.75 Å². The molecular formula is C32H36F3N5O4. The summed E-state index contributed by atoms with van der Waals surface area (Å²) in [5, 5.41) is 15.9. The number of carbonyl (C=O) groups is 2. The van der Waals surface area contributed by atoms with Crippen LogP contribution in [0.25, 0.3) is 28.2 Å². The molecule has 2 aromatic heterocycles. The Kier molecular flexibility index (Phi) is 9.93. The van der Waals surface area contributed by atoms with Gasteiger partial charge in [-0.2, -0.15) is 18.3 Å². The molecule has 2 amide bonds. The molecule has 12 heteroatoms. The molecule has 0 radical (unpaired) electrons. The van der Waals surface area contributed by atoms with Gasteiger partial charge in [-0.15, -0.1) is 0 Å². The normalized spacial score (nSPS) is 11.9. The number of unbranched alkanes of at least 4 members (excludes halogenated alkanes) is 3. The average Bonchev–Trinajstić information content (AvgIpc) is 3.40.